The van der Waals surface area contributed by atoms with Crippen LogP contribution in [0.25, 0.3) is 0 Å². The average molecular weight is 317 g/mol. The van der Waals surface area contributed by atoms with E-state index in [0.29, 0.717) is 43.2 Å². The van der Waals surface area contributed by atoms with E-state index < -0.39 is 5.54 Å². The standard InChI is InChI=1S/C14H20N2O4.ClH/c1-18-11-7-10(8-12(9-11)19-2)16-13(17)14(15)3-5-20-6-4-14;/h7-9H,3-6,15H2,1-2H3,(H,16,17);1H. The Kier molecular flexibility index (Phi) is 6.26. The Morgan fingerprint density at radius 2 is 1.71 bits per heavy atom. The zero-order chi connectivity index (χ0) is 14.6. The second-order valence-corrected chi connectivity index (χ2v) is 4.82. The van der Waals surface area contributed by atoms with Gasteiger partial charge < -0.3 is 25.3 Å². The van der Waals surface area contributed by atoms with Gasteiger partial charge in [0.25, 0.3) is 0 Å². The van der Waals surface area contributed by atoms with Crippen molar-refractivity contribution in [3.63, 3.8) is 0 Å². The third-order valence-electron chi connectivity index (χ3n) is 3.45. The molecule has 7 heteroatoms. The maximum absolute atomic E-state index is 12.3. The van der Waals surface area contributed by atoms with E-state index in [1.54, 1.807) is 32.4 Å². The number of hydrogen-bond acceptors (Lipinski definition) is 5. The number of hydrogen-bond donors (Lipinski definition) is 2. The molecule has 21 heavy (non-hydrogen) atoms. The molecule has 1 amide bonds. The van der Waals surface area contributed by atoms with Crippen molar-refractivity contribution in [3.05, 3.63) is 18.2 Å². The molecule has 1 aliphatic heterocycles. The van der Waals surface area contributed by atoms with Crippen molar-refractivity contribution >= 4 is 24.0 Å². The Morgan fingerprint density at radius 1 is 1.19 bits per heavy atom. The van der Waals surface area contributed by atoms with Crippen LogP contribution in [0.2, 0.25) is 0 Å². The molecule has 0 bridgehead atoms. The van der Waals surface area contributed by atoms with E-state index >= 15 is 0 Å². The number of nitrogens with two attached hydrogens (primary N) is 1. The van der Waals surface area contributed by atoms with Gasteiger partial charge in [0.15, 0.2) is 0 Å². The molecule has 1 aromatic rings. The number of halogens is 1. The van der Waals surface area contributed by atoms with Crippen LogP contribution in [0.3, 0.4) is 0 Å². The second kappa shape index (κ2) is 7.49. The molecule has 0 unspecified atom stereocenters. The van der Waals surface area contributed by atoms with Crippen molar-refractivity contribution in [1.29, 1.82) is 0 Å². The highest BCUT2D eigenvalue weighted by molar-refractivity contribution is 5.98. The Bertz CT molecular complexity index is 468. The number of rotatable bonds is 4. The van der Waals surface area contributed by atoms with E-state index in [0.717, 1.165) is 0 Å². The van der Waals surface area contributed by atoms with E-state index in [4.69, 9.17) is 19.9 Å². The fraction of sp³-hybridized carbons (Fsp3) is 0.500. The lowest BCUT2D eigenvalue weighted by molar-refractivity contribution is -0.124. The van der Waals surface area contributed by atoms with Gasteiger partial charge in [0.05, 0.1) is 14.2 Å². The first kappa shape index (κ1) is 17.6. The molecule has 6 nitrogen and oxygen atoms in total. The normalized spacial score (nSPS) is 16.5. The van der Waals surface area contributed by atoms with Gasteiger partial charge in [-0.1, -0.05) is 0 Å². The van der Waals surface area contributed by atoms with Crippen LogP contribution in [-0.4, -0.2) is 38.9 Å². The molecule has 1 saturated heterocycles. The molecular formula is C14H21ClN2O4. The number of anilines is 1. The number of methoxy groups -OCH3 is 2. The van der Waals surface area contributed by atoms with Gasteiger partial charge in [-0.2, -0.15) is 0 Å². The number of nitrogens with one attached hydrogen (secondary N) is 1. The predicted octanol–water partition coefficient (Wildman–Crippen LogP) is 1.57. The van der Waals surface area contributed by atoms with Crippen LogP contribution in [0.1, 0.15) is 12.8 Å². The molecule has 118 valence electrons. The third-order valence-corrected chi connectivity index (χ3v) is 3.45. The molecule has 0 aliphatic carbocycles. The smallest absolute Gasteiger partial charge is 0.244 e. The summed E-state index contributed by atoms with van der Waals surface area (Å²) in [5.74, 6) is 1.01. The first-order chi connectivity index (χ1) is 9.57. The minimum absolute atomic E-state index is 0. The molecule has 3 N–H and O–H groups in total. The molecule has 1 aliphatic rings. The molecule has 1 fully saturated rings. The average Bonchev–Trinajstić information content (AvgIpc) is 2.47. The van der Waals surface area contributed by atoms with Crippen molar-refractivity contribution in [2.75, 3.05) is 32.8 Å². The van der Waals surface area contributed by atoms with Crippen molar-refractivity contribution < 1.29 is 19.0 Å². The summed E-state index contributed by atoms with van der Waals surface area (Å²) in [4.78, 5) is 12.3. The first-order valence-corrected chi connectivity index (χ1v) is 6.48. The van der Waals surface area contributed by atoms with E-state index in [-0.39, 0.29) is 18.3 Å². The lowest BCUT2D eigenvalue weighted by Crippen LogP contribution is -2.54. The summed E-state index contributed by atoms with van der Waals surface area (Å²) in [6.45, 7) is 1.01. The largest absolute Gasteiger partial charge is 0.497 e. The fourth-order valence-corrected chi connectivity index (χ4v) is 2.10. The van der Waals surface area contributed by atoms with E-state index in [1.165, 1.54) is 0 Å². The van der Waals surface area contributed by atoms with Crippen molar-refractivity contribution in [2.24, 2.45) is 5.73 Å². The Balaban J connectivity index is 0.00000220. The van der Waals surface area contributed by atoms with E-state index in [2.05, 4.69) is 5.32 Å². The summed E-state index contributed by atoms with van der Waals surface area (Å²) < 4.78 is 15.6. The monoisotopic (exact) mass is 316 g/mol. The number of carbonyl (C=O) groups excluding carboxylic acids is 1. The molecule has 0 atom stereocenters. The lowest BCUT2D eigenvalue weighted by atomic mass is 9.90. The summed E-state index contributed by atoms with van der Waals surface area (Å²) >= 11 is 0. The number of ether oxygens (including phenoxy) is 3. The summed E-state index contributed by atoms with van der Waals surface area (Å²) in [6, 6.07) is 5.19. The van der Waals surface area contributed by atoms with Gasteiger partial charge in [-0.05, 0) is 12.8 Å². The SMILES string of the molecule is COc1cc(NC(=O)C2(N)CCOCC2)cc(OC)c1.Cl. The highest BCUT2D eigenvalue weighted by atomic mass is 35.5. The quantitative estimate of drug-likeness (QED) is 0.881. The van der Waals surface area contributed by atoms with Gasteiger partial charge in [0.1, 0.15) is 17.0 Å². The topological polar surface area (TPSA) is 82.8 Å². The summed E-state index contributed by atoms with van der Waals surface area (Å²) in [5, 5.41) is 2.82. The third kappa shape index (κ3) is 4.23. The molecule has 1 heterocycles. The minimum Gasteiger partial charge on any atom is -0.497 e. The minimum atomic E-state index is -0.880. The Labute approximate surface area is 130 Å². The van der Waals surface area contributed by atoms with Crippen LogP contribution in [0.4, 0.5) is 5.69 Å². The number of benzene rings is 1. The van der Waals surface area contributed by atoms with E-state index in [1.807, 2.05) is 0 Å². The molecule has 0 spiro atoms. The Hall–Kier alpha value is -1.50. The maximum atomic E-state index is 12.3. The number of amides is 1. The van der Waals surface area contributed by atoms with Crippen LogP contribution < -0.4 is 20.5 Å². The van der Waals surface area contributed by atoms with Gasteiger partial charge in [-0.25, -0.2) is 0 Å². The molecule has 2 rings (SSSR count). The molecular weight excluding hydrogens is 296 g/mol. The first-order valence-electron chi connectivity index (χ1n) is 6.48. The zero-order valence-corrected chi connectivity index (χ0v) is 13.0. The van der Waals surface area contributed by atoms with Crippen LogP contribution in [0.15, 0.2) is 18.2 Å². The molecule has 0 saturated carbocycles. The summed E-state index contributed by atoms with van der Waals surface area (Å²) in [7, 11) is 3.12. The fourth-order valence-electron chi connectivity index (χ4n) is 2.10. The van der Waals surface area contributed by atoms with Gasteiger partial charge in [-0.15, -0.1) is 12.4 Å². The van der Waals surface area contributed by atoms with Crippen molar-refractivity contribution in [1.82, 2.24) is 0 Å². The Morgan fingerprint density at radius 3 is 2.19 bits per heavy atom. The summed E-state index contributed by atoms with van der Waals surface area (Å²) in [6.07, 6.45) is 1.03. The van der Waals surface area contributed by atoms with Gasteiger partial charge in [-0.3, -0.25) is 4.79 Å². The van der Waals surface area contributed by atoms with Crippen LogP contribution in [0.5, 0.6) is 11.5 Å². The maximum Gasteiger partial charge on any atom is 0.244 e. The van der Waals surface area contributed by atoms with Crippen LogP contribution in [0, 0.1) is 0 Å². The van der Waals surface area contributed by atoms with Crippen LogP contribution >= 0.6 is 12.4 Å². The molecule has 1 aromatic carbocycles. The molecule has 0 radical (unpaired) electrons. The van der Waals surface area contributed by atoms with Gasteiger partial charge >= 0.3 is 0 Å². The van der Waals surface area contributed by atoms with Gasteiger partial charge in [0, 0.05) is 37.1 Å². The lowest BCUT2D eigenvalue weighted by Gasteiger charge is -2.31. The zero-order valence-electron chi connectivity index (χ0n) is 12.2. The highest BCUT2D eigenvalue weighted by Crippen LogP contribution is 2.27. The predicted molar refractivity (Wildman–Crippen MR) is 82.4 cm³/mol. The van der Waals surface area contributed by atoms with Crippen LogP contribution in [-0.2, 0) is 9.53 Å². The summed E-state index contributed by atoms with van der Waals surface area (Å²) in [5.41, 5.74) is 5.86. The van der Waals surface area contributed by atoms with Gasteiger partial charge in [0.2, 0.25) is 5.91 Å². The van der Waals surface area contributed by atoms with Crippen molar-refractivity contribution in [3.8, 4) is 11.5 Å². The van der Waals surface area contributed by atoms with E-state index in [9.17, 15) is 4.79 Å². The second-order valence-electron chi connectivity index (χ2n) is 4.82. The van der Waals surface area contributed by atoms with Crippen molar-refractivity contribution in [2.45, 2.75) is 18.4 Å². The molecule has 0 aromatic heterocycles. The number of carbonyl (C=O) groups is 1. The highest BCUT2D eigenvalue weighted by Gasteiger charge is 2.36.